The van der Waals surface area contributed by atoms with Gasteiger partial charge in [0.2, 0.25) is 0 Å². The number of aliphatic hydroxyl groups excluding tert-OH is 1. The van der Waals surface area contributed by atoms with Gasteiger partial charge in [-0.15, -0.1) is 0 Å². The average Bonchev–Trinajstić information content (AvgIpc) is 2.82. The summed E-state index contributed by atoms with van der Waals surface area (Å²) in [5, 5.41) is 12.4. The van der Waals surface area contributed by atoms with Crippen LogP contribution in [0.2, 0.25) is 10.0 Å². The number of nitrogens with zero attached hydrogens (tertiary/aromatic N) is 4. The molecule has 0 radical (unpaired) electrons. The molecule has 37 heavy (non-hydrogen) atoms. The molecule has 3 aromatic rings. The molecular weight excluding hydrogens is 527 g/mol. The number of hydrogen-bond donors (Lipinski definition) is 2. The fraction of sp³-hybridized carbons (Fsp3) is 0.400. The van der Waals surface area contributed by atoms with E-state index in [1.807, 2.05) is 25.7 Å². The maximum Gasteiger partial charge on any atom is 0.410 e. The van der Waals surface area contributed by atoms with Crippen LogP contribution in [0.3, 0.4) is 0 Å². The van der Waals surface area contributed by atoms with E-state index in [0.717, 1.165) is 6.07 Å². The molecule has 1 saturated heterocycles. The Bertz CT molecular complexity index is 1330. The van der Waals surface area contributed by atoms with Crippen LogP contribution in [-0.2, 0) is 4.74 Å². The van der Waals surface area contributed by atoms with E-state index in [1.165, 1.54) is 12.4 Å². The van der Waals surface area contributed by atoms with Crippen LogP contribution in [-0.4, -0.2) is 71.0 Å². The Morgan fingerprint density at radius 1 is 1.14 bits per heavy atom. The summed E-state index contributed by atoms with van der Waals surface area (Å²) < 4.78 is 36.1. The van der Waals surface area contributed by atoms with Gasteiger partial charge in [0, 0.05) is 54.3 Å². The Balaban J connectivity index is 1.70. The van der Waals surface area contributed by atoms with E-state index >= 15 is 4.39 Å². The van der Waals surface area contributed by atoms with Gasteiger partial charge >= 0.3 is 6.09 Å². The molecule has 1 fully saturated rings. The summed E-state index contributed by atoms with van der Waals surface area (Å²) in [5.41, 5.74) is -0.592. The van der Waals surface area contributed by atoms with Crippen LogP contribution >= 0.6 is 23.2 Å². The lowest BCUT2D eigenvalue weighted by molar-refractivity contribution is 0.0240. The minimum absolute atomic E-state index is 0.00691. The predicted molar refractivity (Wildman–Crippen MR) is 141 cm³/mol. The summed E-state index contributed by atoms with van der Waals surface area (Å²) in [7, 11) is 0. The number of carbonyl (C=O) groups is 1. The summed E-state index contributed by atoms with van der Waals surface area (Å²) in [6.07, 6.45) is 0.861. The molecule has 2 N–H and O–H groups in total. The van der Waals surface area contributed by atoms with Gasteiger partial charge in [-0.3, -0.25) is 0 Å². The number of anilines is 2. The lowest BCUT2D eigenvalue weighted by Gasteiger charge is -2.36. The predicted octanol–water partition coefficient (Wildman–Crippen LogP) is 5.34. The molecule has 0 aliphatic carbocycles. The van der Waals surface area contributed by atoms with Gasteiger partial charge in [-0.1, -0.05) is 23.2 Å². The maximum atomic E-state index is 15.9. The molecule has 0 saturated carbocycles. The van der Waals surface area contributed by atoms with Crippen LogP contribution in [0.25, 0.3) is 22.0 Å². The third-order valence-electron chi connectivity index (χ3n) is 5.77. The number of fused-ring (bicyclic) bond motifs is 1. The van der Waals surface area contributed by atoms with E-state index < -0.39 is 23.3 Å². The summed E-state index contributed by atoms with van der Waals surface area (Å²) in [6.45, 7) is 6.90. The van der Waals surface area contributed by atoms with E-state index in [0.29, 0.717) is 37.4 Å². The van der Waals surface area contributed by atoms with Crippen molar-refractivity contribution in [3.8, 4) is 11.1 Å². The molecule has 0 bridgehead atoms. The van der Waals surface area contributed by atoms with Crippen LogP contribution in [0, 0.1) is 11.6 Å². The minimum atomic E-state index is -0.757. The first-order valence-electron chi connectivity index (χ1n) is 11.7. The number of hydrogen-bond acceptors (Lipinski definition) is 7. The molecular formula is C25H27Cl2F2N5O3. The Hall–Kier alpha value is -2.95. The summed E-state index contributed by atoms with van der Waals surface area (Å²) >= 11 is 12.6. The quantitative estimate of drug-likeness (QED) is 0.440. The van der Waals surface area contributed by atoms with Crippen LogP contribution in [0.15, 0.2) is 24.5 Å². The van der Waals surface area contributed by atoms with Crippen molar-refractivity contribution in [3.63, 3.8) is 0 Å². The molecule has 0 atom stereocenters. The van der Waals surface area contributed by atoms with E-state index in [2.05, 4.69) is 15.3 Å². The topological polar surface area (TPSA) is 90.8 Å². The summed E-state index contributed by atoms with van der Waals surface area (Å²) in [6, 6.07) is 4.03. The number of nitrogens with one attached hydrogen (secondary N) is 1. The van der Waals surface area contributed by atoms with Crippen LogP contribution in [0.1, 0.15) is 20.8 Å². The molecule has 2 aromatic carbocycles. The first-order chi connectivity index (χ1) is 17.5. The zero-order valence-electron chi connectivity index (χ0n) is 20.6. The van der Waals surface area contributed by atoms with Crippen molar-refractivity contribution < 1.29 is 23.4 Å². The average molecular weight is 554 g/mol. The van der Waals surface area contributed by atoms with Crippen molar-refractivity contribution in [2.24, 2.45) is 0 Å². The molecule has 198 valence electrons. The summed E-state index contributed by atoms with van der Waals surface area (Å²) in [4.78, 5) is 24.5. The van der Waals surface area contributed by atoms with Crippen LogP contribution in [0.4, 0.5) is 25.1 Å². The number of ether oxygens (including phenoxy) is 1. The van der Waals surface area contributed by atoms with Crippen molar-refractivity contribution in [2.45, 2.75) is 26.4 Å². The number of benzene rings is 2. The highest BCUT2D eigenvalue weighted by atomic mass is 35.5. The van der Waals surface area contributed by atoms with Gasteiger partial charge in [0.25, 0.3) is 0 Å². The molecule has 12 heteroatoms. The van der Waals surface area contributed by atoms with Gasteiger partial charge in [-0.2, -0.15) is 0 Å². The van der Waals surface area contributed by atoms with Crippen LogP contribution in [0.5, 0.6) is 0 Å². The first kappa shape index (κ1) is 27.1. The van der Waals surface area contributed by atoms with Crippen molar-refractivity contribution in [2.75, 3.05) is 49.5 Å². The molecule has 2 heterocycles. The standard InChI is InChI=1S/C25H27Cl2F2N5O3/c1-25(2,3)37-24(36)34-7-5-33(6-8-34)23-16-12-17(27)19(20(29)22(16)31-13-32-23)15-10-14(26)11-18(28)21(15)30-4-9-35/h10-13,30,35H,4-9H2,1-3H3. The van der Waals surface area contributed by atoms with Crippen LogP contribution < -0.4 is 10.2 Å². The van der Waals surface area contributed by atoms with E-state index in [9.17, 15) is 14.3 Å². The fourth-order valence-corrected chi connectivity index (χ4v) is 4.67. The molecule has 8 nitrogen and oxygen atoms in total. The Kier molecular flexibility index (Phi) is 7.91. The van der Waals surface area contributed by atoms with Crippen molar-refractivity contribution in [1.29, 1.82) is 0 Å². The van der Waals surface area contributed by atoms with Gasteiger partial charge < -0.3 is 25.0 Å². The zero-order valence-corrected chi connectivity index (χ0v) is 22.1. The highest BCUT2D eigenvalue weighted by Crippen LogP contribution is 2.42. The second kappa shape index (κ2) is 10.8. The maximum absolute atomic E-state index is 15.9. The van der Waals surface area contributed by atoms with Gasteiger partial charge in [-0.25, -0.2) is 23.5 Å². The number of rotatable bonds is 5. The number of carbonyl (C=O) groups excluding carboxylic acids is 1. The number of aromatic nitrogens is 2. The lowest BCUT2D eigenvalue weighted by atomic mass is 10.00. The largest absolute Gasteiger partial charge is 0.444 e. The monoisotopic (exact) mass is 553 g/mol. The summed E-state index contributed by atoms with van der Waals surface area (Å²) in [5.74, 6) is -0.998. The smallest absolute Gasteiger partial charge is 0.410 e. The van der Waals surface area contributed by atoms with Gasteiger partial charge in [0.05, 0.1) is 17.3 Å². The van der Waals surface area contributed by atoms with Gasteiger partial charge in [0.15, 0.2) is 5.82 Å². The molecule has 4 rings (SSSR count). The Morgan fingerprint density at radius 3 is 2.49 bits per heavy atom. The second-order valence-corrected chi connectivity index (χ2v) is 10.4. The van der Waals surface area contributed by atoms with Crippen molar-refractivity contribution >= 4 is 51.7 Å². The van der Waals surface area contributed by atoms with Gasteiger partial charge in [0.1, 0.15) is 29.1 Å². The molecule has 1 aliphatic heterocycles. The van der Waals surface area contributed by atoms with Crippen molar-refractivity contribution in [3.05, 3.63) is 46.2 Å². The highest BCUT2D eigenvalue weighted by molar-refractivity contribution is 6.35. The highest BCUT2D eigenvalue weighted by Gasteiger charge is 2.28. The number of halogens is 4. The number of aliphatic hydroxyl groups is 1. The lowest BCUT2D eigenvalue weighted by Crippen LogP contribution is -2.50. The number of piperazine rings is 1. The van der Waals surface area contributed by atoms with E-state index in [1.54, 1.807) is 11.0 Å². The third kappa shape index (κ3) is 5.81. The third-order valence-corrected chi connectivity index (χ3v) is 6.29. The van der Waals surface area contributed by atoms with Crippen molar-refractivity contribution in [1.82, 2.24) is 14.9 Å². The van der Waals surface area contributed by atoms with E-state index in [4.69, 9.17) is 27.9 Å². The first-order valence-corrected chi connectivity index (χ1v) is 12.5. The molecule has 1 aliphatic rings. The number of amides is 1. The Labute approximate surface area is 223 Å². The zero-order chi connectivity index (χ0) is 26.9. The van der Waals surface area contributed by atoms with E-state index in [-0.39, 0.29) is 45.5 Å². The minimum Gasteiger partial charge on any atom is -0.444 e. The fourth-order valence-electron chi connectivity index (χ4n) is 4.17. The molecule has 1 aromatic heterocycles. The molecule has 0 unspecified atom stereocenters. The SMILES string of the molecule is CC(C)(C)OC(=O)N1CCN(c2ncnc3c(F)c(-c4cc(Cl)cc(F)c4NCCO)c(Cl)cc23)CC1. The molecule has 1 amide bonds. The normalized spacial score (nSPS) is 14.3. The molecule has 0 spiro atoms. The van der Waals surface area contributed by atoms with Gasteiger partial charge in [-0.05, 0) is 39.0 Å². The Morgan fingerprint density at radius 2 is 1.84 bits per heavy atom. The second-order valence-electron chi connectivity index (χ2n) is 9.56.